The number of nitrogens with zero attached hydrogens (tertiary/aromatic N) is 4. The molecule has 0 aliphatic carbocycles. The maximum Gasteiger partial charge on any atom is 0.321 e. The SMILES string of the molecule is O=C(Nc1ccc2c(c1)OCCO2)N1CC(n2cnnc2C2CCCO2)C1. The Morgan fingerprint density at radius 3 is 2.81 bits per heavy atom. The molecular formula is C18H21N5O4. The summed E-state index contributed by atoms with van der Waals surface area (Å²) in [5.74, 6) is 2.23. The monoisotopic (exact) mass is 371 g/mol. The fourth-order valence-corrected chi connectivity index (χ4v) is 3.67. The van der Waals surface area contributed by atoms with Crippen molar-refractivity contribution in [3.8, 4) is 11.5 Å². The third-order valence-electron chi connectivity index (χ3n) is 5.15. The van der Waals surface area contributed by atoms with Crippen LogP contribution in [0.15, 0.2) is 24.5 Å². The summed E-state index contributed by atoms with van der Waals surface area (Å²) in [6.07, 6.45) is 3.78. The van der Waals surface area contributed by atoms with E-state index in [1.165, 1.54) is 0 Å². The Balaban J connectivity index is 1.20. The van der Waals surface area contributed by atoms with Crippen molar-refractivity contribution in [2.75, 3.05) is 38.2 Å². The lowest BCUT2D eigenvalue weighted by molar-refractivity contribution is 0.0888. The standard InChI is InChI=1S/C18H21N5O4/c24-18(20-12-3-4-14-16(8-12)27-7-6-26-14)22-9-13(10-22)23-11-19-21-17(23)15-2-1-5-25-15/h3-4,8,11,13,15H,1-2,5-7,9-10H2,(H,20,24). The molecule has 4 heterocycles. The summed E-state index contributed by atoms with van der Waals surface area (Å²) in [5.41, 5.74) is 0.692. The number of hydrogen-bond donors (Lipinski definition) is 1. The first kappa shape index (κ1) is 16.4. The number of urea groups is 1. The Morgan fingerprint density at radius 2 is 2.00 bits per heavy atom. The van der Waals surface area contributed by atoms with Crippen LogP contribution in [-0.4, -0.2) is 58.6 Å². The Bertz CT molecular complexity index is 842. The zero-order valence-corrected chi connectivity index (χ0v) is 14.8. The van der Waals surface area contributed by atoms with Gasteiger partial charge in [-0.15, -0.1) is 10.2 Å². The number of amides is 2. The van der Waals surface area contributed by atoms with Crippen molar-refractivity contribution in [1.82, 2.24) is 19.7 Å². The molecule has 2 saturated heterocycles. The minimum Gasteiger partial charge on any atom is -0.486 e. The number of aromatic nitrogens is 3. The molecule has 27 heavy (non-hydrogen) atoms. The number of nitrogens with one attached hydrogen (secondary N) is 1. The molecular weight excluding hydrogens is 350 g/mol. The van der Waals surface area contributed by atoms with Crippen molar-refractivity contribution in [2.24, 2.45) is 0 Å². The van der Waals surface area contributed by atoms with Crippen LogP contribution in [0, 0.1) is 0 Å². The average molecular weight is 371 g/mol. The molecule has 0 spiro atoms. The molecule has 1 atom stereocenters. The normalized spacial score (nSPS) is 21.8. The van der Waals surface area contributed by atoms with Crippen molar-refractivity contribution in [3.63, 3.8) is 0 Å². The molecule has 9 nitrogen and oxygen atoms in total. The highest BCUT2D eigenvalue weighted by atomic mass is 16.6. The summed E-state index contributed by atoms with van der Waals surface area (Å²) in [5, 5.41) is 11.2. The number of benzene rings is 1. The highest BCUT2D eigenvalue weighted by Gasteiger charge is 2.35. The summed E-state index contributed by atoms with van der Waals surface area (Å²) in [4.78, 5) is 14.3. The largest absolute Gasteiger partial charge is 0.486 e. The van der Waals surface area contributed by atoms with Crippen LogP contribution in [-0.2, 0) is 4.74 Å². The van der Waals surface area contributed by atoms with Gasteiger partial charge in [-0.05, 0) is 25.0 Å². The van der Waals surface area contributed by atoms with E-state index in [1.54, 1.807) is 17.3 Å². The van der Waals surface area contributed by atoms with Crippen LogP contribution in [0.3, 0.4) is 0 Å². The number of likely N-dealkylation sites (tertiary alicyclic amines) is 1. The van der Waals surface area contributed by atoms with E-state index in [0.29, 0.717) is 43.5 Å². The van der Waals surface area contributed by atoms with Gasteiger partial charge >= 0.3 is 6.03 Å². The molecule has 1 aromatic heterocycles. The Labute approximate surface area is 156 Å². The first-order valence-electron chi connectivity index (χ1n) is 9.24. The topological polar surface area (TPSA) is 90.7 Å². The second-order valence-corrected chi connectivity index (χ2v) is 6.95. The molecule has 2 fully saturated rings. The van der Waals surface area contributed by atoms with E-state index in [0.717, 1.165) is 25.3 Å². The lowest BCUT2D eigenvalue weighted by Crippen LogP contribution is -2.52. The van der Waals surface area contributed by atoms with Gasteiger partial charge in [0.25, 0.3) is 0 Å². The van der Waals surface area contributed by atoms with Crippen molar-refractivity contribution in [3.05, 3.63) is 30.4 Å². The van der Waals surface area contributed by atoms with Crippen molar-refractivity contribution >= 4 is 11.7 Å². The molecule has 9 heteroatoms. The fourth-order valence-electron chi connectivity index (χ4n) is 3.67. The predicted molar refractivity (Wildman–Crippen MR) is 95.0 cm³/mol. The Hall–Kier alpha value is -2.81. The van der Waals surface area contributed by atoms with Gasteiger partial charge in [0, 0.05) is 31.5 Å². The van der Waals surface area contributed by atoms with Crippen molar-refractivity contribution in [1.29, 1.82) is 0 Å². The minimum absolute atomic E-state index is 0.0214. The van der Waals surface area contributed by atoms with Gasteiger partial charge in [-0.2, -0.15) is 0 Å². The van der Waals surface area contributed by atoms with Crippen LogP contribution in [0.25, 0.3) is 0 Å². The highest BCUT2D eigenvalue weighted by Crippen LogP contribution is 2.34. The number of carbonyl (C=O) groups is 1. The third kappa shape index (κ3) is 3.08. The van der Waals surface area contributed by atoms with E-state index in [-0.39, 0.29) is 18.2 Å². The lowest BCUT2D eigenvalue weighted by atomic mass is 10.1. The van der Waals surface area contributed by atoms with Crippen LogP contribution >= 0.6 is 0 Å². The van der Waals surface area contributed by atoms with E-state index in [9.17, 15) is 4.79 Å². The summed E-state index contributed by atoms with van der Waals surface area (Å²) in [6, 6.07) is 5.48. The molecule has 5 rings (SSSR count). The zero-order chi connectivity index (χ0) is 18.2. The molecule has 0 saturated carbocycles. The second kappa shape index (κ2) is 6.73. The first-order chi connectivity index (χ1) is 13.3. The minimum atomic E-state index is -0.130. The number of ether oxygens (including phenoxy) is 3. The summed E-state index contributed by atoms with van der Waals surface area (Å²) in [7, 11) is 0. The van der Waals surface area contributed by atoms with E-state index in [1.807, 2.05) is 16.7 Å². The molecule has 2 amide bonds. The number of fused-ring (bicyclic) bond motifs is 1. The smallest absolute Gasteiger partial charge is 0.321 e. The summed E-state index contributed by atoms with van der Waals surface area (Å²) in [6.45, 7) is 3.07. The number of carbonyl (C=O) groups excluding carboxylic acids is 1. The second-order valence-electron chi connectivity index (χ2n) is 6.95. The molecule has 1 aromatic carbocycles. The molecule has 3 aliphatic heterocycles. The predicted octanol–water partition coefficient (Wildman–Crippen LogP) is 1.99. The van der Waals surface area contributed by atoms with Crippen LogP contribution in [0.4, 0.5) is 10.5 Å². The van der Waals surface area contributed by atoms with E-state index in [2.05, 4.69) is 15.5 Å². The molecule has 0 radical (unpaired) electrons. The number of rotatable bonds is 3. The van der Waals surface area contributed by atoms with Gasteiger partial charge in [0.1, 0.15) is 25.6 Å². The number of hydrogen-bond acceptors (Lipinski definition) is 6. The maximum atomic E-state index is 12.5. The zero-order valence-electron chi connectivity index (χ0n) is 14.8. The van der Waals surface area contributed by atoms with Crippen molar-refractivity contribution in [2.45, 2.75) is 25.0 Å². The van der Waals surface area contributed by atoms with E-state index < -0.39 is 0 Å². The first-order valence-corrected chi connectivity index (χ1v) is 9.24. The third-order valence-corrected chi connectivity index (χ3v) is 5.15. The van der Waals surface area contributed by atoms with Gasteiger partial charge in [-0.3, -0.25) is 0 Å². The van der Waals surface area contributed by atoms with Gasteiger partial charge in [0.2, 0.25) is 0 Å². The van der Waals surface area contributed by atoms with Crippen LogP contribution < -0.4 is 14.8 Å². The Kier molecular flexibility index (Phi) is 4.08. The van der Waals surface area contributed by atoms with Gasteiger partial charge < -0.3 is 29.0 Å². The molecule has 142 valence electrons. The van der Waals surface area contributed by atoms with Crippen LogP contribution in [0.2, 0.25) is 0 Å². The van der Waals surface area contributed by atoms with Crippen molar-refractivity contribution < 1.29 is 19.0 Å². The van der Waals surface area contributed by atoms with Crippen LogP contribution in [0.5, 0.6) is 11.5 Å². The van der Waals surface area contributed by atoms with Gasteiger partial charge in [0.15, 0.2) is 17.3 Å². The van der Waals surface area contributed by atoms with Gasteiger partial charge in [-0.25, -0.2) is 4.79 Å². The molecule has 2 aromatic rings. The van der Waals surface area contributed by atoms with E-state index in [4.69, 9.17) is 14.2 Å². The number of anilines is 1. The summed E-state index contributed by atoms with van der Waals surface area (Å²) >= 11 is 0. The van der Waals surface area contributed by atoms with Gasteiger partial charge in [-0.1, -0.05) is 0 Å². The fraction of sp³-hybridized carbons (Fsp3) is 0.500. The Morgan fingerprint density at radius 1 is 1.15 bits per heavy atom. The quantitative estimate of drug-likeness (QED) is 0.887. The van der Waals surface area contributed by atoms with Crippen LogP contribution in [0.1, 0.15) is 30.8 Å². The highest BCUT2D eigenvalue weighted by molar-refractivity contribution is 5.90. The average Bonchev–Trinajstić information content (AvgIpc) is 3.32. The lowest BCUT2D eigenvalue weighted by Gasteiger charge is -2.40. The summed E-state index contributed by atoms with van der Waals surface area (Å²) < 4.78 is 18.8. The molecule has 1 N–H and O–H groups in total. The molecule has 1 unspecified atom stereocenters. The molecule has 3 aliphatic rings. The maximum absolute atomic E-state index is 12.5. The van der Waals surface area contributed by atoms with E-state index >= 15 is 0 Å². The molecule has 0 bridgehead atoms. The van der Waals surface area contributed by atoms with Gasteiger partial charge in [0.05, 0.1) is 6.04 Å².